The van der Waals surface area contributed by atoms with E-state index in [9.17, 15) is 9.90 Å². The average molecular weight is 375 g/mol. The van der Waals surface area contributed by atoms with Crippen LogP contribution >= 0.6 is 11.3 Å². The number of rotatable bonds is 5. The number of methoxy groups -OCH3 is 1. The number of ether oxygens (including phenoxy) is 1. The summed E-state index contributed by atoms with van der Waals surface area (Å²) in [4.78, 5) is 13.8. The Labute approximate surface area is 158 Å². The first-order valence-corrected chi connectivity index (χ1v) is 9.98. The van der Waals surface area contributed by atoms with Crippen molar-refractivity contribution >= 4 is 23.0 Å². The van der Waals surface area contributed by atoms with Crippen LogP contribution in [0.2, 0.25) is 0 Å². The van der Waals surface area contributed by atoms with Crippen molar-refractivity contribution in [3.05, 3.63) is 46.7 Å². The van der Waals surface area contributed by atoms with Gasteiger partial charge in [0, 0.05) is 5.69 Å². The molecule has 3 fully saturated rings. The van der Waals surface area contributed by atoms with Gasteiger partial charge >= 0.3 is 5.97 Å². The van der Waals surface area contributed by atoms with E-state index in [4.69, 9.17) is 4.74 Å². The molecule has 0 aliphatic carbocycles. The molecular weight excluding hydrogens is 348 g/mol. The third-order valence-corrected chi connectivity index (χ3v) is 5.79. The van der Waals surface area contributed by atoms with E-state index in [1.54, 1.807) is 37.4 Å². The monoisotopic (exact) mass is 374 g/mol. The lowest BCUT2D eigenvalue weighted by Crippen LogP contribution is -2.41. The molecule has 2 N–H and O–H groups in total. The van der Waals surface area contributed by atoms with E-state index in [-0.39, 0.29) is 0 Å². The van der Waals surface area contributed by atoms with Crippen LogP contribution in [0.1, 0.15) is 30.9 Å². The predicted molar refractivity (Wildman–Crippen MR) is 105 cm³/mol. The number of aliphatic carboxylic acids is 1. The zero-order valence-corrected chi connectivity index (χ0v) is 15.9. The minimum Gasteiger partial charge on any atom is -0.497 e. The number of fused-ring (bicyclic) bond motifs is 3. The van der Waals surface area contributed by atoms with Crippen LogP contribution in [0.4, 0.5) is 5.69 Å². The van der Waals surface area contributed by atoms with Crippen LogP contribution in [0.25, 0.3) is 0 Å². The molecule has 1 unspecified atom stereocenters. The number of hydrogen-bond acceptors (Lipinski definition) is 5. The van der Waals surface area contributed by atoms with Crippen LogP contribution in [0.3, 0.4) is 0 Å². The lowest BCUT2D eigenvalue weighted by molar-refractivity contribution is -0.138. The van der Waals surface area contributed by atoms with E-state index in [2.05, 4.69) is 10.2 Å². The second kappa shape index (κ2) is 9.05. The number of nitrogens with zero attached hydrogens (tertiary/aromatic N) is 1. The maximum absolute atomic E-state index is 11.2. The third-order valence-electron chi connectivity index (χ3n) is 5.09. The minimum atomic E-state index is -0.899. The van der Waals surface area contributed by atoms with Crippen LogP contribution in [-0.2, 0) is 4.79 Å². The summed E-state index contributed by atoms with van der Waals surface area (Å²) in [7, 11) is 1.59. The van der Waals surface area contributed by atoms with E-state index in [1.807, 2.05) is 10.8 Å². The number of carboxylic acids is 1. The minimum absolute atomic E-state index is 0.732. The molecule has 1 aromatic heterocycles. The molecule has 2 aromatic rings. The molecule has 1 aromatic carbocycles. The number of piperidine rings is 3. The summed E-state index contributed by atoms with van der Waals surface area (Å²) in [6.07, 6.45) is 4.46. The largest absolute Gasteiger partial charge is 0.497 e. The summed E-state index contributed by atoms with van der Waals surface area (Å²) >= 11 is 1.48. The fourth-order valence-electron chi connectivity index (χ4n) is 3.44. The fraction of sp³-hybridized carbons (Fsp3) is 0.450. The van der Waals surface area contributed by atoms with Crippen molar-refractivity contribution in [1.29, 1.82) is 0 Å². The second-order valence-corrected chi connectivity index (χ2v) is 7.55. The van der Waals surface area contributed by atoms with Gasteiger partial charge in [-0.1, -0.05) is 0 Å². The van der Waals surface area contributed by atoms with Crippen molar-refractivity contribution in [3.8, 4) is 5.75 Å². The molecule has 3 aliphatic heterocycles. The number of thiophene rings is 1. The molecule has 5 rings (SSSR count). The summed E-state index contributed by atoms with van der Waals surface area (Å²) < 4.78 is 5.05. The van der Waals surface area contributed by atoms with Gasteiger partial charge in [-0.25, -0.2) is 4.79 Å². The van der Waals surface area contributed by atoms with Crippen molar-refractivity contribution < 1.29 is 14.6 Å². The standard InChI is InChI=1S/C13H13NO3S.C7H13N/c1-17-11-4-2-10(3-5-11)14-12(13(15)16)9-6-7-18-8-9;1-4-8-5-2-7(1)3-6-8/h2-8,12,14H,1H3,(H,15,16);7H,1-6H2. The Balaban J connectivity index is 0.000000201. The van der Waals surface area contributed by atoms with E-state index in [0.29, 0.717) is 0 Å². The van der Waals surface area contributed by atoms with Gasteiger partial charge in [-0.2, -0.15) is 11.3 Å². The molecule has 5 nitrogen and oxygen atoms in total. The zero-order valence-electron chi connectivity index (χ0n) is 15.1. The van der Waals surface area contributed by atoms with Gasteiger partial charge in [0.1, 0.15) is 5.75 Å². The van der Waals surface area contributed by atoms with Crippen LogP contribution in [0, 0.1) is 5.92 Å². The number of nitrogens with one attached hydrogen (secondary N) is 1. The van der Waals surface area contributed by atoms with Gasteiger partial charge in [0.25, 0.3) is 0 Å². The Morgan fingerprint density at radius 1 is 1.19 bits per heavy atom. The van der Waals surface area contributed by atoms with Crippen LogP contribution in [0.15, 0.2) is 41.1 Å². The second-order valence-electron chi connectivity index (χ2n) is 6.77. The Hall–Kier alpha value is -2.05. The van der Waals surface area contributed by atoms with Gasteiger partial charge in [0.2, 0.25) is 0 Å². The number of carboxylic acid groups (broad SMARTS) is 1. The van der Waals surface area contributed by atoms with Gasteiger partial charge in [-0.3, -0.25) is 0 Å². The molecule has 6 heteroatoms. The SMILES string of the molecule is C1CN2CCC1CC2.COc1ccc(NC(C(=O)O)c2ccsc2)cc1. The number of benzene rings is 1. The first kappa shape index (κ1) is 18.7. The highest BCUT2D eigenvalue weighted by molar-refractivity contribution is 7.08. The Kier molecular flexibility index (Phi) is 6.52. The average Bonchev–Trinajstić information content (AvgIpc) is 3.23. The summed E-state index contributed by atoms with van der Waals surface area (Å²) in [6.45, 7) is 4.18. The highest BCUT2D eigenvalue weighted by atomic mass is 32.1. The normalized spacial score (nSPS) is 22.0. The maximum atomic E-state index is 11.2. The quantitative estimate of drug-likeness (QED) is 0.825. The molecule has 3 saturated heterocycles. The van der Waals surface area contributed by atoms with Gasteiger partial charge in [0.05, 0.1) is 7.11 Å². The lowest BCUT2D eigenvalue weighted by atomic mass is 9.89. The summed E-state index contributed by atoms with van der Waals surface area (Å²) in [6, 6.07) is 8.23. The highest BCUT2D eigenvalue weighted by Gasteiger charge is 2.24. The lowest BCUT2D eigenvalue weighted by Gasteiger charge is -2.38. The fourth-order valence-corrected chi connectivity index (χ4v) is 4.13. The van der Waals surface area contributed by atoms with Gasteiger partial charge in [0.15, 0.2) is 6.04 Å². The van der Waals surface area contributed by atoms with Crippen molar-refractivity contribution in [2.24, 2.45) is 5.92 Å². The van der Waals surface area contributed by atoms with E-state index < -0.39 is 12.0 Å². The van der Waals surface area contributed by atoms with Crippen LogP contribution in [0.5, 0.6) is 5.75 Å². The summed E-state index contributed by atoms with van der Waals surface area (Å²) in [5, 5.41) is 15.9. The Morgan fingerprint density at radius 2 is 1.85 bits per heavy atom. The van der Waals surface area contributed by atoms with E-state index >= 15 is 0 Å². The van der Waals surface area contributed by atoms with Gasteiger partial charge in [-0.05, 0) is 91.5 Å². The highest BCUT2D eigenvalue weighted by Crippen LogP contribution is 2.26. The molecule has 0 spiro atoms. The molecule has 140 valence electrons. The molecule has 3 aliphatic rings. The zero-order chi connectivity index (χ0) is 18.4. The molecule has 0 radical (unpaired) electrons. The van der Waals surface area contributed by atoms with E-state index in [0.717, 1.165) is 22.9 Å². The Bertz CT molecular complexity index is 657. The number of carbonyl (C=O) groups is 1. The Morgan fingerprint density at radius 3 is 2.23 bits per heavy atom. The molecule has 0 amide bonds. The van der Waals surface area contributed by atoms with Gasteiger partial charge < -0.3 is 20.1 Å². The molecule has 1 atom stereocenters. The number of anilines is 1. The first-order valence-electron chi connectivity index (χ1n) is 9.03. The maximum Gasteiger partial charge on any atom is 0.330 e. The van der Waals surface area contributed by atoms with Crippen molar-refractivity contribution in [1.82, 2.24) is 4.90 Å². The van der Waals surface area contributed by atoms with Crippen molar-refractivity contribution in [2.75, 3.05) is 32.1 Å². The molecule has 0 saturated carbocycles. The third kappa shape index (κ3) is 4.99. The van der Waals surface area contributed by atoms with Crippen LogP contribution in [-0.4, -0.2) is 42.7 Å². The smallest absolute Gasteiger partial charge is 0.330 e. The summed E-state index contributed by atoms with van der Waals surface area (Å²) in [5.41, 5.74) is 1.50. The predicted octanol–water partition coefficient (Wildman–Crippen LogP) is 4.10. The van der Waals surface area contributed by atoms with Gasteiger partial charge in [-0.15, -0.1) is 0 Å². The van der Waals surface area contributed by atoms with E-state index in [1.165, 1.54) is 50.2 Å². The first-order chi connectivity index (χ1) is 12.7. The van der Waals surface area contributed by atoms with Crippen LogP contribution < -0.4 is 10.1 Å². The molecule has 2 bridgehead atoms. The summed E-state index contributed by atoms with van der Waals surface area (Å²) in [5.74, 6) is 0.951. The molecular formula is C20H26N2O3S. The number of hydrogen-bond donors (Lipinski definition) is 2. The topological polar surface area (TPSA) is 61.8 Å². The van der Waals surface area contributed by atoms with Crippen molar-refractivity contribution in [2.45, 2.75) is 25.3 Å². The van der Waals surface area contributed by atoms with Crippen molar-refractivity contribution in [3.63, 3.8) is 0 Å². The molecule has 4 heterocycles. The molecule has 26 heavy (non-hydrogen) atoms.